The number of methoxy groups -OCH3 is 12. The van der Waals surface area contributed by atoms with Crippen LogP contribution < -0.4 is 56.8 Å². The van der Waals surface area contributed by atoms with Gasteiger partial charge in [-0.3, -0.25) is 0 Å². The number of aromatic nitrogens is 4. The summed E-state index contributed by atoms with van der Waals surface area (Å²) in [7, 11) is 18.9. The van der Waals surface area contributed by atoms with Crippen molar-refractivity contribution in [1.29, 1.82) is 0 Å². The molecule has 4 aromatic carbocycles. The number of fused-ring (bicyclic) bond motifs is 8. The fourth-order valence-corrected chi connectivity index (χ4v) is 9.50. The van der Waals surface area contributed by atoms with Gasteiger partial charge in [0, 0.05) is 44.4 Å². The SMILES string of the molecule is COc1ccc(-c2c(-c3ccc(OC)c(OC)c3OC)c3c(-c4ccc(OC)c(OC)c4OC)c4nc(cc5ccc(cc6nc(cc2n3-c2ccc(OC)c(OC)c2OC)C=C6)[nH]5)C=C4)c(OC)c1OC. The zero-order chi connectivity index (χ0) is 50.8. The molecule has 0 saturated carbocycles. The second-order valence-corrected chi connectivity index (χ2v) is 16.0. The maximum Gasteiger partial charge on any atom is 0.205 e. The summed E-state index contributed by atoms with van der Waals surface area (Å²) in [6.07, 6.45) is 7.85. The van der Waals surface area contributed by atoms with Gasteiger partial charge in [-0.25, -0.2) is 9.97 Å². The van der Waals surface area contributed by atoms with Crippen LogP contribution in [0.2, 0.25) is 0 Å². The highest BCUT2D eigenvalue weighted by Crippen LogP contribution is 2.58. The van der Waals surface area contributed by atoms with Gasteiger partial charge >= 0.3 is 0 Å². The normalized spacial score (nSPS) is 11.5. The third-order valence-corrected chi connectivity index (χ3v) is 12.5. The Balaban J connectivity index is 1.74. The standard InChI is InChI=1S/C56H54N4O12/c1-61-41-23-18-35(49(65-5)53(41)69-9)45-38-21-17-33(59-38)28-32-14-13-30(57-32)27-31-15-16-34(58-31)29-40-46(36-19-24-42(62-2)54(70-10)50(36)66-6)47(37-20-25-43(63-3)55(71-11)51(37)67-7)48(45)60(40)39-22-26-44(64-4)56(72-12)52(39)68-8/h13-29,57H,1-12H3. The lowest BCUT2D eigenvalue weighted by molar-refractivity contribution is 0.324. The van der Waals surface area contributed by atoms with Crippen LogP contribution in [0.25, 0.3) is 85.4 Å². The van der Waals surface area contributed by atoms with E-state index >= 15 is 0 Å². The van der Waals surface area contributed by atoms with E-state index in [1.807, 2.05) is 103 Å². The van der Waals surface area contributed by atoms with Crippen molar-refractivity contribution in [3.8, 4) is 108 Å². The van der Waals surface area contributed by atoms with Gasteiger partial charge in [0.15, 0.2) is 46.0 Å². The van der Waals surface area contributed by atoms with Gasteiger partial charge in [0.25, 0.3) is 0 Å². The predicted molar refractivity (Wildman–Crippen MR) is 279 cm³/mol. The third kappa shape index (κ3) is 7.99. The Morgan fingerprint density at radius 3 is 1.19 bits per heavy atom. The van der Waals surface area contributed by atoms with Gasteiger partial charge in [-0.15, -0.1) is 0 Å². The van der Waals surface area contributed by atoms with E-state index in [1.54, 1.807) is 85.3 Å². The lowest BCUT2D eigenvalue weighted by atomic mass is 9.91. The van der Waals surface area contributed by atoms with Crippen molar-refractivity contribution < 1.29 is 56.8 Å². The molecular formula is C56H54N4O12. The maximum atomic E-state index is 6.44. The zero-order valence-electron chi connectivity index (χ0n) is 42.1. The minimum Gasteiger partial charge on any atom is -0.493 e. The highest BCUT2D eigenvalue weighted by atomic mass is 16.6. The molecular weight excluding hydrogens is 921 g/mol. The molecule has 0 aliphatic carbocycles. The van der Waals surface area contributed by atoms with Gasteiger partial charge in [0.05, 0.1) is 125 Å². The fraction of sp³-hybridized carbons (Fsp3) is 0.214. The Hall–Kier alpha value is -8.92. The summed E-state index contributed by atoms with van der Waals surface area (Å²) in [5.41, 5.74) is 9.39. The minimum absolute atomic E-state index is 0.335. The molecule has 0 amide bonds. The molecule has 16 heteroatoms. The average Bonchev–Trinajstić information content (AvgIpc) is 4.24. The molecule has 2 aliphatic rings. The predicted octanol–water partition coefficient (Wildman–Crippen LogP) is 11.2. The molecule has 0 spiro atoms. The molecule has 1 N–H and O–H groups in total. The first-order valence-electron chi connectivity index (χ1n) is 22.5. The molecule has 0 fully saturated rings. The molecule has 0 unspecified atom stereocenters. The Bertz CT molecular complexity index is 3480. The molecule has 0 radical (unpaired) electrons. The lowest BCUT2D eigenvalue weighted by Gasteiger charge is -2.21. The molecule has 8 bridgehead atoms. The zero-order valence-corrected chi connectivity index (χ0v) is 42.1. The van der Waals surface area contributed by atoms with Crippen LogP contribution in [0.1, 0.15) is 22.8 Å². The Kier molecular flexibility index (Phi) is 13.5. The number of ether oxygens (including phenoxy) is 12. The number of aromatic amines is 1. The van der Waals surface area contributed by atoms with Crippen LogP contribution in [0, 0.1) is 0 Å². The molecule has 9 rings (SSSR count). The number of benzene rings is 4. The average molecular weight is 975 g/mol. The van der Waals surface area contributed by atoms with Gasteiger partial charge in [-0.2, -0.15) is 0 Å². The number of rotatable bonds is 16. The quantitative estimate of drug-likeness (QED) is 0.0975. The van der Waals surface area contributed by atoms with Crippen LogP contribution in [0.15, 0.2) is 78.9 Å². The first kappa shape index (κ1) is 48.1. The molecule has 370 valence electrons. The second-order valence-electron chi connectivity index (χ2n) is 16.0. The van der Waals surface area contributed by atoms with Crippen molar-refractivity contribution in [3.05, 3.63) is 102 Å². The molecule has 16 nitrogen and oxygen atoms in total. The van der Waals surface area contributed by atoms with Crippen LogP contribution in [-0.4, -0.2) is 105 Å². The van der Waals surface area contributed by atoms with E-state index in [2.05, 4.69) is 9.55 Å². The van der Waals surface area contributed by atoms with E-state index in [-0.39, 0.29) is 0 Å². The van der Waals surface area contributed by atoms with E-state index in [0.29, 0.717) is 142 Å². The number of H-pyrrole nitrogens is 1. The summed E-state index contributed by atoms with van der Waals surface area (Å²) >= 11 is 0. The summed E-state index contributed by atoms with van der Waals surface area (Å²) in [6, 6.07) is 25.0. The molecule has 3 aromatic heterocycles. The summed E-state index contributed by atoms with van der Waals surface area (Å²) < 4.78 is 75.8. The first-order valence-corrected chi connectivity index (χ1v) is 22.5. The Labute approximate surface area is 416 Å². The van der Waals surface area contributed by atoms with E-state index in [9.17, 15) is 0 Å². The van der Waals surface area contributed by atoms with Crippen LogP contribution in [0.3, 0.4) is 0 Å². The van der Waals surface area contributed by atoms with Crippen molar-refractivity contribution in [3.63, 3.8) is 0 Å². The summed E-state index contributed by atoms with van der Waals surface area (Å²) in [5, 5.41) is 0. The van der Waals surface area contributed by atoms with Crippen LogP contribution in [-0.2, 0) is 0 Å². The molecule has 2 aliphatic heterocycles. The van der Waals surface area contributed by atoms with Gasteiger partial charge in [0.2, 0.25) is 23.0 Å². The van der Waals surface area contributed by atoms with Gasteiger partial charge in [-0.1, -0.05) is 0 Å². The first-order chi connectivity index (χ1) is 35.2. The molecule has 7 aromatic rings. The van der Waals surface area contributed by atoms with Crippen LogP contribution in [0.4, 0.5) is 0 Å². The largest absolute Gasteiger partial charge is 0.493 e. The van der Waals surface area contributed by atoms with E-state index in [0.717, 1.165) is 11.0 Å². The van der Waals surface area contributed by atoms with Gasteiger partial charge in [0.1, 0.15) is 0 Å². The van der Waals surface area contributed by atoms with Crippen molar-refractivity contribution in [2.75, 3.05) is 85.3 Å². The fourth-order valence-electron chi connectivity index (χ4n) is 9.50. The molecule has 72 heavy (non-hydrogen) atoms. The third-order valence-electron chi connectivity index (χ3n) is 12.5. The highest BCUT2D eigenvalue weighted by Gasteiger charge is 2.34. The van der Waals surface area contributed by atoms with Crippen LogP contribution in [0.5, 0.6) is 69.0 Å². The molecule has 0 saturated heterocycles. The van der Waals surface area contributed by atoms with Crippen LogP contribution >= 0.6 is 0 Å². The van der Waals surface area contributed by atoms with Crippen molar-refractivity contribution >= 4 is 46.4 Å². The highest BCUT2D eigenvalue weighted by molar-refractivity contribution is 6.14. The second kappa shape index (κ2) is 20.2. The van der Waals surface area contributed by atoms with Crippen molar-refractivity contribution in [1.82, 2.24) is 19.5 Å². The van der Waals surface area contributed by atoms with E-state index < -0.39 is 0 Å². The van der Waals surface area contributed by atoms with Gasteiger partial charge < -0.3 is 66.4 Å². The summed E-state index contributed by atoms with van der Waals surface area (Å²) in [5.74, 6) is 4.53. The minimum atomic E-state index is 0.335. The molecule has 0 atom stereocenters. The Morgan fingerprint density at radius 1 is 0.347 bits per heavy atom. The number of nitrogens with one attached hydrogen (secondary N) is 1. The van der Waals surface area contributed by atoms with Gasteiger partial charge in [-0.05, 0) is 103 Å². The number of hydrogen-bond donors (Lipinski definition) is 1. The van der Waals surface area contributed by atoms with E-state index in [4.69, 9.17) is 66.8 Å². The van der Waals surface area contributed by atoms with E-state index in [1.165, 1.54) is 0 Å². The summed E-state index contributed by atoms with van der Waals surface area (Å²) in [4.78, 5) is 14.1. The monoisotopic (exact) mass is 974 g/mol. The Morgan fingerprint density at radius 2 is 0.736 bits per heavy atom. The van der Waals surface area contributed by atoms with Crippen molar-refractivity contribution in [2.24, 2.45) is 0 Å². The molecule has 5 heterocycles. The number of nitrogens with zero attached hydrogens (tertiary/aromatic N) is 3. The van der Waals surface area contributed by atoms with Crippen molar-refractivity contribution in [2.45, 2.75) is 0 Å². The summed E-state index contributed by atoms with van der Waals surface area (Å²) in [6.45, 7) is 0. The maximum absolute atomic E-state index is 6.44. The topological polar surface area (TPSA) is 157 Å². The lowest BCUT2D eigenvalue weighted by Crippen LogP contribution is -2.04. The smallest absolute Gasteiger partial charge is 0.205 e. The number of hydrogen-bond acceptors (Lipinski definition) is 14.